The van der Waals surface area contributed by atoms with Gasteiger partial charge in [0.05, 0.1) is 0 Å². The zero-order valence-corrected chi connectivity index (χ0v) is 21.6. The zero-order chi connectivity index (χ0) is 22.7. The number of allylic oxidation sites excluding steroid dienone is 2. The van der Waals surface area contributed by atoms with Gasteiger partial charge in [0.25, 0.3) is 0 Å². The summed E-state index contributed by atoms with van der Waals surface area (Å²) >= 11 is 0. The molecule has 0 bridgehead atoms. The molecule has 0 aromatic carbocycles. The number of hydrogen-bond acceptors (Lipinski definition) is 0. The maximum Gasteiger partial charge on any atom is 0.0206 e. The van der Waals surface area contributed by atoms with Gasteiger partial charge in [0, 0.05) is 11.8 Å². The van der Waals surface area contributed by atoms with Crippen molar-refractivity contribution in [1.82, 2.24) is 0 Å². The first-order valence-corrected chi connectivity index (χ1v) is 14.5. The summed E-state index contributed by atoms with van der Waals surface area (Å²) in [4.78, 5) is 0. The molecule has 0 spiro atoms. The molecule has 2 aliphatic carbocycles. The van der Waals surface area contributed by atoms with Crippen molar-refractivity contribution in [3.05, 3.63) is 12.2 Å². The van der Waals surface area contributed by atoms with E-state index in [-0.39, 0.29) is 0 Å². The summed E-state index contributed by atoms with van der Waals surface area (Å²) in [6, 6.07) is 0. The smallest absolute Gasteiger partial charge is 0.0206 e. The molecule has 2 saturated carbocycles. The third kappa shape index (κ3) is 12.8. The number of hydrogen-bond donors (Lipinski definition) is 0. The Hall–Kier alpha value is -1.14. The molecule has 2 aliphatic rings. The van der Waals surface area contributed by atoms with Gasteiger partial charge in [0.1, 0.15) is 0 Å². The Labute approximate surface area is 201 Å². The summed E-state index contributed by atoms with van der Waals surface area (Å²) in [5.41, 5.74) is 0. The molecule has 0 aliphatic heterocycles. The molecule has 0 heterocycles. The zero-order valence-electron chi connectivity index (χ0n) is 21.6. The molecular formula is C32H52. The van der Waals surface area contributed by atoms with E-state index in [2.05, 4.69) is 37.5 Å². The minimum Gasteiger partial charge on any atom is -0.0951 e. The van der Waals surface area contributed by atoms with E-state index in [4.69, 9.17) is 0 Å². The van der Waals surface area contributed by atoms with Crippen LogP contribution in [0.4, 0.5) is 0 Å². The molecule has 0 amide bonds. The third-order valence-electron chi connectivity index (χ3n) is 7.95. The second-order valence-corrected chi connectivity index (χ2v) is 10.8. The van der Waals surface area contributed by atoms with E-state index >= 15 is 0 Å². The molecule has 32 heavy (non-hydrogen) atoms. The number of unbranched alkanes of at least 4 members (excludes halogenated alkanes) is 8. The predicted molar refractivity (Wildman–Crippen MR) is 142 cm³/mol. The van der Waals surface area contributed by atoms with Gasteiger partial charge in [-0.15, -0.1) is 0 Å². The fourth-order valence-corrected chi connectivity index (χ4v) is 5.68. The van der Waals surface area contributed by atoms with Gasteiger partial charge in [0.15, 0.2) is 0 Å². The SMILES string of the molecule is CCCCCCC[C@H]1CC[C@H](C#C/C=C/C#C[C@H]2CC[C@H](CCCCCCC)CC2)CC1. The largest absolute Gasteiger partial charge is 0.0951 e. The molecule has 0 atom stereocenters. The highest BCUT2D eigenvalue weighted by molar-refractivity contribution is 5.26. The van der Waals surface area contributed by atoms with Crippen LogP contribution in [0.25, 0.3) is 0 Å². The standard InChI is InChI=1S/C32H52/c1-3-5-7-9-13-17-29-21-25-31(26-22-29)19-15-11-12-16-20-32-27-23-30(24-28-32)18-14-10-8-6-4-2/h11-12,29-32H,3-10,13-14,17-18,21-28H2,1-2H3/b12-11+/t29-,30-,31-,32-. The van der Waals surface area contributed by atoms with Crippen LogP contribution in [0, 0.1) is 47.4 Å². The first-order valence-electron chi connectivity index (χ1n) is 14.5. The second-order valence-electron chi connectivity index (χ2n) is 10.8. The average Bonchev–Trinajstić information content (AvgIpc) is 2.83. The lowest BCUT2D eigenvalue weighted by Gasteiger charge is -2.25. The van der Waals surface area contributed by atoms with Crippen molar-refractivity contribution < 1.29 is 0 Å². The lowest BCUT2D eigenvalue weighted by Crippen LogP contribution is -2.13. The fraction of sp³-hybridized carbons (Fsp3) is 0.812. The van der Waals surface area contributed by atoms with Crippen molar-refractivity contribution in [3.8, 4) is 23.7 Å². The van der Waals surface area contributed by atoms with E-state index in [9.17, 15) is 0 Å². The lowest BCUT2D eigenvalue weighted by atomic mass is 9.80. The summed E-state index contributed by atoms with van der Waals surface area (Å²) in [7, 11) is 0. The first-order chi connectivity index (χ1) is 15.8. The lowest BCUT2D eigenvalue weighted by molar-refractivity contribution is 0.294. The van der Waals surface area contributed by atoms with Gasteiger partial charge in [-0.2, -0.15) is 0 Å². The molecule has 2 rings (SSSR count). The predicted octanol–water partition coefficient (Wildman–Crippen LogP) is 9.88. The average molecular weight is 437 g/mol. The monoisotopic (exact) mass is 436 g/mol. The van der Waals surface area contributed by atoms with E-state index in [1.54, 1.807) is 0 Å². The Morgan fingerprint density at radius 3 is 1.25 bits per heavy atom. The Morgan fingerprint density at radius 2 is 0.875 bits per heavy atom. The molecule has 180 valence electrons. The van der Waals surface area contributed by atoms with Gasteiger partial charge in [-0.1, -0.05) is 115 Å². The van der Waals surface area contributed by atoms with E-state index in [0.29, 0.717) is 11.8 Å². The van der Waals surface area contributed by atoms with Crippen molar-refractivity contribution in [1.29, 1.82) is 0 Å². The maximum absolute atomic E-state index is 3.50. The van der Waals surface area contributed by atoms with Crippen LogP contribution in [-0.4, -0.2) is 0 Å². The van der Waals surface area contributed by atoms with Gasteiger partial charge in [0.2, 0.25) is 0 Å². The normalized spacial score (nSPS) is 25.7. The molecule has 0 saturated heterocycles. The molecule has 0 unspecified atom stereocenters. The van der Waals surface area contributed by atoms with Crippen LogP contribution in [0.2, 0.25) is 0 Å². The van der Waals surface area contributed by atoms with E-state index in [1.165, 1.54) is 128 Å². The van der Waals surface area contributed by atoms with Gasteiger partial charge in [-0.3, -0.25) is 0 Å². The summed E-state index contributed by atoms with van der Waals surface area (Å²) < 4.78 is 0. The van der Waals surface area contributed by atoms with E-state index in [1.807, 2.05) is 12.2 Å². The fourth-order valence-electron chi connectivity index (χ4n) is 5.68. The van der Waals surface area contributed by atoms with E-state index in [0.717, 1.165) is 11.8 Å². The molecule has 0 heteroatoms. The van der Waals surface area contributed by atoms with Crippen molar-refractivity contribution in [3.63, 3.8) is 0 Å². The Morgan fingerprint density at radius 1 is 0.500 bits per heavy atom. The Bertz CT molecular complexity index is 533. The summed E-state index contributed by atoms with van der Waals surface area (Å²) in [5, 5.41) is 0. The van der Waals surface area contributed by atoms with Crippen LogP contribution >= 0.6 is 0 Å². The van der Waals surface area contributed by atoms with Crippen LogP contribution in [0.3, 0.4) is 0 Å². The topological polar surface area (TPSA) is 0 Å². The van der Waals surface area contributed by atoms with Crippen molar-refractivity contribution in [2.75, 3.05) is 0 Å². The minimum atomic E-state index is 0.626. The third-order valence-corrected chi connectivity index (χ3v) is 7.95. The molecule has 0 nitrogen and oxygen atoms in total. The molecule has 0 N–H and O–H groups in total. The van der Waals surface area contributed by atoms with Gasteiger partial charge in [-0.05, 0) is 75.4 Å². The molecular weight excluding hydrogens is 384 g/mol. The molecule has 0 aromatic heterocycles. The van der Waals surface area contributed by atoms with Crippen LogP contribution < -0.4 is 0 Å². The van der Waals surface area contributed by atoms with Crippen molar-refractivity contribution in [2.24, 2.45) is 23.7 Å². The van der Waals surface area contributed by atoms with Crippen molar-refractivity contribution >= 4 is 0 Å². The van der Waals surface area contributed by atoms with Crippen LogP contribution in [0.1, 0.15) is 142 Å². The van der Waals surface area contributed by atoms with Crippen molar-refractivity contribution in [2.45, 2.75) is 142 Å². The minimum absolute atomic E-state index is 0.626. The molecule has 2 fully saturated rings. The van der Waals surface area contributed by atoms with Gasteiger partial charge >= 0.3 is 0 Å². The van der Waals surface area contributed by atoms with E-state index < -0.39 is 0 Å². The van der Waals surface area contributed by atoms with Crippen LogP contribution in [0.15, 0.2) is 12.2 Å². The Kier molecular flexibility index (Phi) is 15.5. The molecule has 0 radical (unpaired) electrons. The quantitative estimate of drug-likeness (QED) is 0.211. The summed E-state index contributed by atoms with van der Waals surface area (Å²) in [6.45, 7) is 4.60. The highest BCUT2D eigenvalue weighted by Crippen LogP contribution is 2.32. The summed E-state index contributed by atoms with van der Waals surface area (Å²) in [6.07, 6.45) is 32.0. The summed E-state index contributed by atoms with van der Waals surface area (Å²) in [5.74, 6) is 16.8. The van der Waals surface area contributed by atoms with Crippen LogP contribution in [0.5, 0.6) is 0 Å². The Balaban J connectivity index is 1.52. The van der Waals surface area contributed by atoms with Gasteiger partial charge < -0.3 is 0 Å². The van der Waals surface area contributed by atoms with Gasteiger partial charge in [-0.25, -0.2) is 0 Å². The molecule has 0 aromatic rings. The number of rotatable bonds is 12. The first kappa shape index (κ1) is 27.1. The highest BCUT2D eigenvalue weighted by Gasteiger charge is 2.20. The van der Waals surface area contributed by atoms with Crippen LogP contribution in [-0.2, 0) is 0 Å². The maximum atomic E-state index is 3.50. The highest BCUT2D eigenvalue weighted by atomic mass is 14.2. The second kappa shape index (κ2) is 18.3.